The summed E-state index contributed by atoms with van der Waals surface area (Å²) in [5.41, 5.74) is 7.18. The van der Waals surface area contributed by atoms with E-state index < -0.39 is 0 Å². The average Bonchev–Trinajstić information content (AvgIpc) is 3.34. The minimum absolute atomic E-state index is 0.140. The summed E-state index contributed by atoms with van der Waals surface area (Å²) < 4.78 is 7.44. The molecule has 3 aromatic heterocycles. The Balaban J connectivity index is 1.56. The molecule has 0 spiro atoms. The number of pyridine rings is 1. The normalized spacial score (nSPS) is 12.2. The molecule has 0 saturated carbocycles. The number of aromatic nitrogens is 3. The lowest BCUT2D eigenvalue weighted by Crippen LogP contribution is -2.09. The number of anilines is 1. The third-order valence-electron chi connectivity index (χ3n) is 5.66. The van der Waals surface area contributed by atoms with Crippen LogP contribution in [0.25, 0.3) is 28.0 Å². The molecule has 0 saturated heterocycles. The molecule has 1 N–H and O–H groups in total. The van der Waals surface area contributed by atoms with Gasteiger partial charge in [0.2, 0.25) is 0 Å². The van der Waals surface area contributed by atoms with Crippen LogP contribution >= 0.6 is 0 Å². The Morgan fingerprint density at radius 1 is 0.871 bits per heavy atom. The molecule has 0 unspecified atom stereocenters. The number of hydrogen-bond acceptors (Lipinski definition) is 4. The van der Waals surface area contributed by atoms with Gasteiger partial charge in [0.25, 0.3) is 0 Å². The van der Waals surface area contributed by atoms with Crippen molar-refractivity contribution in [1.29, 1.82) is 0 Å². The first kappa shape index (κ1) is 19.1. The van der Waals surface area contributed by atoms with Gasteiger partial charge in [-0.15, -0.1) is 0 Å². The Hall–Kier alpha value is -3.86. The van der Waals surface area contributed by atoms with Crippen molar-refractivity contribution in [3.8, 4) is 22.4 Å². The second-order valence-corrected chi connectivity index (χ2v) is 7.79. The molecule has 0 amide bonds. The van der Waals surface area contributed by atoms with Crippen LogP contribution in [-0.4, -0.2) is 14.5 Å². The number of rotatable bonds is 5. The first-order valence-electron chi connectivity index (χ1n) is 10.4. The highest BCUT2D eigenvalue weighted by Crippen LogP contribution is 2.34. The van der Waals surface area contributed by atoms with Crippen molar-refractivity contribution in [2.45, 2.75) is 26.8 Å². The zero-order chi connectivity index (χ0) is 21.4. The minimum Gasteiger partial charge on any atom is -0.363 e. The molecule has 0 aliphatic rings. The molecule has 5 aromatic rings. The van der Waals surface area contributed by atoms with Gasteiger partial charge in [-0.1, -0.05) is 65.8 Å². The zero-order valence-electron chi connectivity index (χ0n) is 17.8. The summed E-state index contributed by atoms with van der Waals surface area (Å²) in [5.74, 6) is 1.81. The fourth-order valence-corrected chi connectivity index (χ4v) is 4.06. The van der Waals surface area contributed by atoms with Gasteiger partial charge in [-0.25, -0.2) is 4.98 Å². The van der Waals surface area contributed by atoms with Crippen LogP contribution in [0.1, 0.15) is 30.0 Å². The maximum absolute atomic E-state index is 5.33. The number of imidazole rings is 1. The summed E-state index contributed by atoms with van der Waals surface area (Å²) in [5, 5.41) is 7.76. The van der Waals surface area contributed by atoms with E-state index in [-0.39, 0.29) is 6.04 Å². The topological polar surface area (TPSA) is 55.4 Å². The van der Waals surface area contributed by atoms with Gasteiger partial charge in [0, 0.05) is 23.4 Å². The fraction of sp³-hybridized carbons (Fsp3) is 0.154. The predicted octanol–water partition coefficient (Wildman–Crippen LogP) is 6.45. The van der Waals surface area contributed by atoms with Crippen LogP contribution in [0.5, 0.6) is 0 Å². The molecule has 5 rings (SSSR count). The Labute approximate surface area is 181 Å². The lowest BCUT2D eigenvalue weighted by atomic mass is 10.0. The van der Waals surface area contributed by atoms with Gasteiger partial charge in [0.15, 0.2) is 0 Å². The standard InChI is InChI=1S/C26H24N4O/c1-17(20-9-5-4-6-10-20)27-26-25(28-23-11-7-8-16-30(23)26)22-14-12-21(13-15-22)24-18(2)29-31-19(24)3/h4-17,27H,1-3H3/t17-/m0/s1. The molecule has 2 aromatic carbocycles. The molecule has 0 aliphatic heterocycles. The van der Waals surface area contributed by atoms with Gasteiger partial charge < -0.3 is 9.84 Å². The molecule has 0 aliphatic carbocycles. The van der Waals surface area contributed by atoms with E-state index in [1.807, 2.05) is 44.3 Å². The van der Waals surface area contributed by atoms with Gasteiger partial charge in [-0.05, 0) is 44.0 Å². The van der Waals surface area contributed by atoms with Crippen molar-refractivity contribution in [2.24, 2.45) is 0 Å². The summed E-state index contributed by atoms with van der Waals surface area (Å²) in [6, 6.07) is 25.1. The third kappa shape index (κ3) is 3.48. The largest absolute Gasteiger partial charge is 0.363 e. The van der Waals surface area contributed by atoms with E-state index in [0.717, 1.165) is 45.3 Å². The molecule has 5 nitrogen and oxygen atoms in total. The Kier molecular flexibility index (Phi) is 4.79. The van der Waals surface area contributed by atoms with Crippen molar-refractivity contribution in [3.63, 3.8) is 0 Å². The first-order chi connectivity index (χ1) is 15.1. The second-order valence-electron chi connectivity index (χ2n) is 7.79. The molecule has 0 fully saturated rings. The molecule has 154 valence electrons. The van der Waals surface area contributed by atoms with Crippen molar-refractivity contribution in [1.82, 2.24) is 14.5 Å². The summed E-state index contributed by atoms with van der Waals surface area (Å²) in [4.78, 5) is 4.93. The van der Waals surface area contributed by atoms with E-state index in [9.17, 15) is 0 Å². The van der Waals surface area contributed by atoms with Gasteiger partial charge in [0.05, 0.1) is 5.69 Å². The van der Waals surface area contributed by atoms with Gasteiger partial charge in [-0.3, -0.25) is 4.40 Å². The van der Waals surface area contributed by atoms with E-state index in [2.05, 4.69) is 70.3 Å². The SMILES string of the molecule is Cc1noc(C)c1-c1ccc(-c2nc3ccccn3c2N[C@@H](C)c2ccccc2)cc1. The third-order valence-corrected chi connectivity index (χ3v) is 5.66. The zero-order valence-corrected chi connectivity index (χ0v) is 17.8. The van der Waals surface area contributed by atoms with Gasteiger partial charge in [-0.2, -0.15) is 0 Å². The highest BCUT2D eigenvalue weighted by molar-refractivity contribution is 5.79. The first-order valence-corrected chi connectivity index (χ1v) is 10.4. The van der Waals surface area contributed by atoms with E-state index in [0.29, 0.717) is 0 Å². The fourth-order valence-electron chi connectivity index (χ4n) is 4.06. The molecule has 0 radical (unpaired) electrons. The maximum Gasteiger partial charge on any atom is 0.141 e. The quantitative estimate of drug-likeness (QED) is 0.363. The number of hydrogen-bond donors (Lipinski definition) is 1. The molecular formula is C26H24N4O. The van der Waals surface area contributed by atoms with Crippen molar-refractivity contribution in [2.75, 3.05) is 5.32 Å². The van der Waals surface area contributed by atoms with E-state index in [1.54, 1.807) is 0 Å². The smallest absolute Gasteiger partial charge is 0.141 e. The number of fused-ring (bicyclic) bond motifs is 1. The van der Waals surface area contributed by atoms with E-state index in [4.69, 9.17) is 9.51 Å². The highest BCUT2D eigenvalue weighted by atomic mass is 16.5. The molecule has 1 atom stereocenters. The maximum atomic E-state index is 5.33. The lowest BCUT2D eigenvalue weighted by Gasteiger charge is -2.17. The molecule has 0 bridgehead atoms. The second kappa shape index (κ2) is 7.76. The van der Waals surface area contributed by atoms with E-state index in [1.165, 1.54) is 5.56 Å². The molecule has 31 heavy (non-hydrogen) atoms. The summed E-state index contributed by atoms with van der Waals surface area (Å²) in [7, 11) is 0. The van der Waals surface area contributed by atoms with Crippen LogP contribution in [0.3, 0.4) is 0 Å². The molecular weight excluding hydrogens is 384 g/mol. The summed E-state index contributed by atoms with van der Waals surface area (Å²) in [6.45, 7) is 6.08. The average molecular weight is 409 g/mol. The van der Waals surface area contributed by atoms with Crippen LogP contribution < -0.4 is 5.32 Å². The predicted molar refractivity (Wildman–Crippen MR) is 124 cm³/mol. The van der Waals surface area contributed by atoms with Crippen LogP contribution in [0.15, 0.2) is 83.5 Å². The Bertz CT molecular complexity index is 1310. The number of aryl methyl sites for hydroxylation is 2. The number of nitrogens with zero attached hydrogens (tertiary/aromatic N) is 3. The number of nitrogens with one attached hydrogen (secondary N) is 1. The van der Waals surface area contributed by atoms with Crippen molar-refractivity contribution in [3.05, 3.63) is 96.0 Å². The summed E-state index contributed by atoms with van der Waals surface area (Å²) >= 11 is 0. The van der Waals surface area contributed by atoms with Crippen molar-refractivity contribution >= 4 is 11.5 Å². The Morgan fingerprint density at radius 2 is 1.58 bits per heavy atom. The van der Waals surface area contributed by atoms with Crippen LogP contribution in [0.2, 0.25) is 0 Å². The molecule has 3 heterocycles. The van der Waals surface area contributed by atoms with Crippen molar-refractivity contribution < 1.29 is 4.52 Å². The number of benzene rings is 2. The van der Waals surface area contributed by atoms with Gasteiger partial charge >= 0.3 is 0 Å². The Morgan fingerprint density at radius 3 is 2.29 bits per heavy atom. The monoisotopic (exact) mass is 408 g/mol. The van der Waals surface area contributed by atoms with Crippen LogP contribution in [0.4, 0.5) is 5.82 Å². The van der Waals surface area contributed by atoms with Crippen LogP contribution in [0, 0.1) is 13.8 Å². The minimum atomic E-state index is 0.140. The van der Waals surface area contributed by atoms with Crippen LogP contribution in [-0.2, 0) is 0 Å². The summed E-state index contributed by atoms with van der Waals surface area (Å²) in [6.07, 6.45) is 2.05. The van der Waals surface area contributed by atoms with Gasteiger partial charge in [0.1, 0.15) is 22.9 Å². The van der Waals surface area contributed by atoms with E-state index >= 15 is 0 Å². The highest BCUT2D eigenvalue weighted by Gasteiger charge is 2.17. The molecule has 5 heteroatoms. The lowest BCUT2D eigenvalue weighted by molar-refractivity contribution is 0.393.